The minimum Gasteiger partial charge on any atom is -0.327 e. The predicted molar refractivity (Wildman–Crippen MR) is 118 cm³/mol. The molecule has 5 nitrogen and oxygen atoms in total. The van der Waals surface area contributed by atoms with E-state index in [-0.39, 0.29) is 5.91 Å². The smallest absolute Gasteiger partial charge is 0.255 e. The maximum absolute atomic E-state index is 12.6. The van der Waals surface area contributed by atoms with Gasteiger partial charge in [-0.2, -0.15) is 0 Å². The van der Waals surface area contributed by atoms with Crippen LogP contribution in [0.5, 0.6) is 0 Å². The number of piperidine rings is 1. The van der Waals surface area contributed by atoms with Crippen molar-refractivity contribution in [3.05, 3.63) is 59.4 Å². The van der Waals surface area contributed by atoms with Gasteiger partial charge in [-0.3, -0.25) is 9.69 Å². The third-order valence-corrected chi connectivity index (χ3v) is 6.03. The van der Waals surface area contributed by atoms with Gasteiger partial charge >= 0.3 is 0 Å². The number of hydrogen-bond acceptors (Lipinski definition) is 3. The lowest BCUT2D eigenvalue weighted by Crippen LogP contribution is -2.33. The normalized spacial score (nSPS) is 15.7. The molecule has 0 radical (unpaired) electrons. The van der Waals surface area contributed by atoms with E-state index in [1.807, 2.05) is 43.3 Å². The Kier molecular flexibility index (Phi) is 5.67. The topological polar surface area (TPSA) is 50.2 Å². The maximum Gasteiger partial charge on any atom is 0.255 e. The van der Waals surface area contributed by atoms with Crippen molar-refractivity contribution in [2.24, 2.45) is 5.92 Å². The monoisotopic (exact) mass is 390 g/mol. The van der Waals surface area contributed by atoms with E-state index in [0.29, 0.717) is 5.56 Å². The number of anilines is 1. The third kappa shape index (κ3) is 4.20. The Morgan fingerprint density at radius 3 is 2.66 bits per heavy atom. The molecule has 1 saturated heterocycles. The number of carbonyl (C=O) groups is 1. The second kappa shape index (κ2) is 8.37. The van der Waals surface area contributed by atoms with E-state index in [4.69, 9.17) is 4.98 Å². The fourth-order valence-electron chi connectivity index (χ4n) is 4.18. The number of imidazole rings is 1. The van der Waals surface area contributed by atoms with Crippen LogP contribution in [0.4, 0.5) is 5.69 Å². The minimum atomic E-state index is -0.0833. The lowest BCUT2D eigenvalue weighted by molar-refractivity contribution is 0.102. The molecule has 2 heterocycles. The van der Waals surface area contributed by atoms with Crippen molar-refractivity contribution >= 4 is 22.6 Å². The number of likely N-dealkylation sites (tertiary alicyclic amines) is 1. The average Bonchev–Trinajstić information content (AvgIpc) is 3.06. The molecule has 0 spiro atoms. The summed E-state index contributed by atoms with van der Waals surface area (Å²) in [5.74, 6) is 1.86. The van der Waals surface area contributed by atoms with Crippen LogP contribution in [0.15, 0.2) is 42.5 Å². The van der Waals surface area contributed by atoms with Crippen LogP contribution < -0.4 is 5.32 Å². The molecule has 2 aromatic carbocycles. The van der Waals surface area contributed by atoms with Crippen molar-refractivity contribution in [2.45, 2.75) is 46.7 Å². The summed E-state index contributed by atoms with van der Waals surface area (Å²) in [5.41, 5.74) is 4.52. The number of aromatic nitrogens is 2. The molecule has 0 bridgehead atoms. The van der Waals surface area contributed by atoms with Crippen LogP contribution in [-0.2, 0) is 13.1 Å². The molecule has 1 amide bonds. The van der Waals surface area contributed by atoms with E-state index in [1.54, 1.807) is 0 Å². The molecule has 0 unspecified atom stereocenters. The van der Waals surface area contributed by atoms with E-state index >= 15 is 0 Å². The molecule has 1 aromatic heterocycles. The highest BCUT2D eigenvalue weighted by molar-refractivity contribution is 6.05. The number of benzene rings is 2. The maximum atomic E-state index is 12.6. The van der Waals surface area contributed by atoms with Crippen molar-refractivity contribution in [2.75, 3.05) is 18.4 Å². The molecule has 4 rings (SSSR count). The second-order valence-corrected chi connectivity index (χ2v) is 8.20. The Labute approximate surface area is 172 Å². The fourth-order valence-corrected chi connectivity index (χ4v) is 4.18. The summed E-state index contributed by atoms with van der Waals surface area (Å²) in [4.78, 5) is 20.1. The van der Waals surface area contributed by atoms with Crippen molar-refractivity contribution in [1.82, 2.24) is 14.5 Å². The van der Waals surface area contributed by atoms with E-state index in [9.17, 15) is 4.79 Å². The second-order valence-electron chi connectivity index (χ2n) is 8.20. The highest BCUT2D eigenvalue weighted by Gasteiger charge is 2.19. The quantitative estimate of drug-likeness (QED) is 0.678. The Morgan fingerprint density at radius 1 is 1.17 bits per heavy atom. The van der Waals surface area contributed by atoms with E-state index < -0.39 is 0 Å². The van der Waals surface area contributed by atoms with Gasteiger partial charge in [0.1, 0.15) is 5.82 Å². The summed E-state index contributed by atoms with van der Waals surface area (Å²) in [7, 11) is 0. The SMILES string of the molecule is CCn1c(CN2CCC(C)CC2)nc2cc(NC(=O)c3ccccc3C)ccc21. The van der Waals surface area contributed by atoms with Crippen LogP contribution in [0, 0.1) is 12.8 Å². The molecule has 29 heavy (non-hydrogen) atoms. The summed E-state index contributed by atoms with van der Waals surface area (Å²) in [6.45, 7) is 10.5. The number of aryl methyl sites for hydroxylation is 2. The summed E-state index contributed by atoms with van der Waals surface area (Å²) >= 11 is 0. The fraction of sp³-hybridized carbons (Fsp3) is 0.417. The van der Waals surface area contributed by atoms with Crippen LogP contribution in [0.25, 0.3) is 11.0 Å². The van der Waals surface area contributed by atoms with Crippen molar-refractivity contribution in [1.29, 1.82) is 0 Å². The summed E-state index contributed by atoms with van der Waals surface area (Å²) < 4.78 is 2.29. The molecule has 1 aliphatic heterocycles. The minimum absolute atomic E-state index is 0.0833. The van der Waals surface area contributed by atoms with Gasteiger partial charge in [0, 0.05) is 17.8 Å². The van der Waals surface area contributed by atoms with Crippen molar-refractivity contribution in [3.8, 4) is 0 Å². The Morgan fingerprint density at radius 2 is 1.93 bits per heavy atom. The van der Waals surface area contributed by atoms with E-state index in [1.165, 1.54) is 12.8 Å². The molecule has 0 atom stereocenters. The molecule has 1 fully saturated rings. The molecule has 152 valence electrons. The lowest BCUT2D eigenvalue weighted by Gasteiger charge is -2.29. The third-order valence-electron chi connectivity index (χ3n) is 6.03. The van der Waals surface area contributed by atoms with Gasteiger partial charge in [-0.1, -0.05) is 25.1 Å². The number of carbonyl (C=O) groups excluding carboxylic acids is 1. The van der Waals surface area contributed by atoms with Gasteiger partial charge in [0.15, 0.2) is 0 Å². The zero-order chi connectivity index (χ0) is 20.4. The molecule has 5 heteroatoms. The average molecular weight is 391 g/mol. The Bertz CT molecular complexity index is 1010. The van der Waals surface area contributed by atoms with Crippen LogP contribution in [-0.4, -0.2) is 33.4 Å². The number of hydrogen-bond donors (Lipinski definition) is 1. The van der Waals surface area contributed by atoms with Gasteiger partial charge in [0.25, 0.3) is 5.91 Å². The summed E-state index contributed by atoms with van der Waals surface area (Å²) in [6.07, 6.45) is 2.53. The zero-order valence-corrected chi connectivity index (χ0v) is 17.6. The first kappa shape index (κ1) is 19.6. The Hall–Kier alpha value is -2.66. The van der Waals surface area contributed by atoms with Crippen LogP contribution in [0.2, 0.25) is 0 Å². The number of rotatable bonds is 5. The zero-order valence-electron chi connectivity index (χ0n) is 17.6. The van der Waals surface area contributed by atoms with E-state index in [0.717, 1.165) is 60.2 Å². The van der Waals surface area contributed by atoms with Crippen LogP contribution in [0.1, 0.15) is 48.4 Å². The standard InChI is InChI=1S/C24H30N4O/c1-4-28-22-10-9-19(25-24(29)20-8-6-5-7-18(20)3)15-21(22)26-23(28)16-27-13-11-17(2)12-14-27/h5-10,15,17H,4,11-14,16H2,1-3H3,(H,25,29). The van der Waals surface area contributed by atoms with Gasteiger partial charge < -0.3 is 9.88 Å². The first-order valence-corrected chi connectivity index (χ1v) is 10.6. The molecular formula is C24H30N4O. The number of amides is 1. The molecular weight excluding hydrogens is 360 g/mol. The number of nitrogens with one attached hydrogen (secondary N) is 1. The van der Waals surface area contributed by atoms with E-state index in [2.05, 4.69) is 34.7 Å². The van der Waals surface area contributed by atoms with Gasteiger partial charge in [-0.05, 0) is 75.5 Å². The van der Waals surface area contributed by atoms with Gasteiger partial charge in [-0.15, -0.1) is 0 Å². The van der Waals surface area contributed by atoms with Crippen molar-refractivity contribution in [3.63, 3.8) is 0 Å². The molecule has 3 aromatic rings. The van der Waals surface area contributed by atoms with Gasteiger partial charge in [0.05, 0.1) is 17.6 Å². The highest BCUT2D eigenvalue weighted by Crippen LogP contribution is 2.24. The molecule has 0 aliphatic carbocycles. The first-order chi connectivity index (χ1) is 14.0. The molecule has 1 aliphatic rings. The number of fused-ring (bicyclic) bond motifs is 1. The van der Waals surface area contributed by atoms with Crippen molar-refractivity contribution < 1.29 is 4.79 Å². The predicted octanol–water partition coefficient (Wildman–Crippen LogP) is 4.85. The summed E-state index contributed by atoms with van der Waals surface area (Å²) in [5, 5.41) is 3.03. The van der Waals surface area contributed by atoms with Gasteiger partial charge in [-0.25, -0.2) is 4.98 Å². The molecule has 1 N–H and O–H groups in total. The van der Waals surface area contributed by atoms with Crippen LogP contribution in [0.3, 0.4) is 0 Å². The first-order valence-electron chi connectivity index (χ1n) is 10.6. The van der Waals surface area contributed by atoms with Crippen LogP contribution >= 0.6 is 0 Å². The largest absolute Gasteiger partial charge is 0.327 e. The van der Waals surface area contributed by atoms with Gasteiger partial charge in [0.2, 0.25) is 0 Å². The lowest BCUT2D eigenvalue weighted by atomic mass is 9.99. The highest BCUT2D eigenvalue weighted by atomic mass is 16.1. The molecule has 0 saturated carbocycles. The Balaban J connectivity index is 1.56. The summed E-state index contributed by atoms with van der Waals surface area (Å²) in [6, 6.07) is 13.7. The number of nitrogens with zero attached hydrogens (tertiary/aromatic N) is 3.